The molecule has 2 atom stereocenters. The molecule has 0 aliphatic heterocycles. The molecule has 1 fully saturated rings. The minimum atomic E-state index is 0.485. The van der Waals surface area contributed by atoms with Gasteiger partial charge >= 0.3 is 0 Å². The third-order valence-corrected chi connectivity index (χ3v) is 3.13. The molecule has 0 aromatic carbocycles. The molecule has 2 rings (SSSR count). The predicted molar refractivity (Wildman–Crippen MR) is 60.5 cm³/mol. The van der Waals surface area contributed by atoms with Crippen LogP contribution < -0.4 is 11.1 Å². The molecule has 4 heteroatoms. The molecule has 1 heterocycles. The number of hydrogen-bond donors (Lipinski definition) is 2. The van der Waals surface area contributed by atoms with Gasteiger partial charge < -0.3 is 11.1 Å². The maximum absolute atomic E-state index is 5.77. The van der Waals surface area contributed by atoms with Crippen molar-refractivity contribution in [2.24, 2.45) is 11.7 Å². The van der Waals surface area contributed by atoms with E-state index >= 15 is 0 Å². The van der Waals surface area contributed by atoms with Crippen molar-refractivity contribution >= 4 is 5.82 Å². The minimum absolute atomic E-state index is 0.485. The second-order valence-corrected chi connectivity index (χ2v) is 4.13. The summed E-state index contributed by atoms with van der Waals surface area (Å²) >= 11 is 0. The second-order valence-electron chi connectivity index (χ2n) is 4.13. The van der Waals surface area contributed by atoms with Crippen LogP contribution >= 0.6 is 0 Å². The molecule has 3 N–H and O–H groups in total. The minimum Gasteiger partial charge on any atom is -0.367 e. The molecule has 4 nitrogen and oxygen atoms in total. The van der Waals surface area contributed by atoms with Gasteiger partial charge in [-0.2, -0.15) is 0 Å². The van der Waals surface area contributed by atoms with Gasteiger partial charge in [0.25, 0.3) is 0 Å². The lowest BCUT2D eigenvalue weighted by molar-refractivity contribution is 0.332. The van der Waals surface area contributed by atoms with Gasteiger partial charge in [-0.15, -0.1) is 0 Å². The van der Waals surface area contributed by atoms with Crippen LogP contribution in [-0.4, -0.2) is 22.6 Å². The molecule has 1 saturated carbocycles. The highest BCUT2D eigenvalue weighted by Crippen LogP contribution is 2.25. The summed E-state index contributed by atoms with van der Waals surface area (Å²) < 4.78 is 0. The summed E-state index contributed by atoms with van der Waals surface area (Å²) in [6, 6.07) is 2.39. The summed E-state index contributed by atoms with van der Waals surface area (Å²) in [5, 5.41) is 3.45. The molecule has 1 aliphatic carbocycles. The van der Waals surface area contributed by atoms with Gasteiger partial charge in [0.15, 0.2) is 0 Å². The molecule has 1 aromatic rings. The van der Waals surface area contributed by atoms with E-state index in [4.69, 9.17) is 5.73 Å². The number of hydrogen-bond acceptors (Lipinski definition) is 4. The average molecular weight is 206 g/mol. The van der Waals surface area contributed by atoms with Crippen molar-refractivity contribution in [1.82, 2.24) is 9.97 Å². The Morgan fingerprint density at radius 2 is 2.27 bits per heavy atom. The standard InChI is InChI=1S/C11H18N4/c12-7-9-3-1-2-4-10(9)15-11-5-6-13-8-14-11/h5-6,8-10H,1-4,7,12H2,(H,13,14,15). The molecule has 2 unspecified atom stereocenters. The maximum Gasteiger partial charge on any atom is 0.129 e. The van der Waals surface area contributed by atoms with E-state index < -0.39 is 0 Å². The largest absolute Gasteiger partial charge is 0.367 e. The molecule has 1 aliphatic rings. The van der Waals surface area contributed by atoms with Gasteiger partial charge in [-0.3, -0.25) is 0 Å². The fourth-order valence-corrected chi connectivity index (χ4v) is 2.25. The molecular weight excluding hydrogens is 188 g/mol. The van der Waals surface area contributed by atoms with Crippen molar-refractivity contribution in [2.45, 2.75) is 31.7 Å². The van der Waals surface area contributed by atoms with Crippen LogP contribution in [0.2, 0.25) is 0 Å². The van der Waals surface area contributed by atoms with Crippen LogP contribution in [0.1, 0.15) is 25.7 Å². The highest BCUT2D eigenvalue weighted by atomic mass is 15.0. The monoisotopic (exact) mass is 206 g/mol. The summed E-state index contributed by atoms with van der Waals surface area (Å²) in [5.41, 5.74) is 5.77. The Balaban J connectivity index is 1.97. The van der Waals surface area contributed by atoms with Gasteiger partial charge in [-0.25, -0.2) is 9.97 Å². The topological polar surface area (TPSA) is 63.8 Å². The second kappa shape index (κ2) is 5.07. The maximum atomic E-state index is 5.77. The van der Waals surface area contributed by atoms with Gasteiger partial charge in [0.1, 0.15) is 12.1 Å². The lowest BCUT2D eigenvalue weighted by atomic mass is 9.84. The molecule has 1 aromatic heterocycles. The highest BCUT2D eigenvalue weighted by molar-refractivity contribution is 5.33. The first kappa shape index (κ1) is 10.4. The molecule has 0 saturated heterocycles. The van der Waals surface area contributed by atoms with E-state index in [2.05, 4.69) is 15.3 Å². The van der Waals surface area contributed by atoms with Gasteiger partial charge in [0.2, 0.25) is 0 Å². The van der Waals surface area contributed by atoms with Crippen molar-refractivity contribution < 1.29 is 0 Å². The van der Waals surface area contributed by atoms with Crippen molar-refractivity contribution in [1.29, 1.82) is 0 Å². The van der Waals surface area contributed by atoms with Crippen molar-refractivity contribution in [3.8, 4) is 0 Å². The number of nitrogens with one attached hydrogen (secondary N) is 1. The van der Waals surface area contributed by atoms with E-state index in [9.17, 15) is 0 Å². The van der Waals surface area contributed by atoms with Crippen molar-refractivity contribution in [3.63, 3.8) is 0 Å². The number of rotatable bonds is 3. The van der Waals surface area contributed by atoms with E-state index in [1.165, 1.54) is 25.7 Å². The van der Waals surface area contributed by atoms with Crippen LogP contribution in [0.4, 0.5) is 5.82 Å². The lowest BCUT2D eigenvalue weighted by Crippen LogP contribution is -2.36. The molecule has 0 amide bonds. The van der Waals surface area contributed by atoms with Crippen molar-refractivity contribution in [3.05, 3.63) is 18.6 Å². The zero-order valence-corrected chi connectivity index (χ0v) is 8.89. The molecule has 0 spiro atoms. The van der Waals surface area contributed by atoms with E-state index in [1.54, 1.807) is 12.5 Å². The molecule has 0 radical (unpaired) electrons. The van der Waals surface area contributed by atoms with Crippen molar-refractivity contribution in [2.75, 3.05) is 11.9 Å². The Labute approximate surface area is 90.3 Å². The summed E-state index contributed by atoms with van der Waals surface area (Å²) in [5.74, 6) is 1.50. The predicted octanol–water partition coefficient (Wildman–Crippen LogP) is 1.41. The van der Waals surface area contributed by atoms with E-state index in [0.717, 1.165) is 12.4 Å². The van der Waals surface area contributed by atoms with E-state index in [1.807, 2.05) is 6.07 Å². The van der Waals surface area contributed by atoms with E-state index in [-0.39, 0.29) is 0 Å². The number of aromatic nitrogens is 2. The molecule has 82 valence electrons. The molecule has 0 bridgehead atoms. The first-order chi connectivity index (χ1) is 7.40. The zero-order chi connectivity index (χ0) is 10.5. The Bertz CT molecular complexity index is 288. The fourth-order valence-electron chi connectivity index (χ4n) is 2.25. The smallest absolute Gasteiger partial charge is 0.129 e. The van der Waals surface area contributed by atoms with Crippen LogP contribution in [-0.2, 0) is 0 Å². The normalized spacial score (nSPS) is 26.2. The average Bonchev–Trinajstić information content (AvgIpc) is 2.31. The highest BCUT2D eigenvalue weighted by Gasteiger charge is 2.23. The SMILES string of the molecule is NCC1CCCCC1Nc1ccncn1. The number of nitrogens with two attached hydrogens (primary N) is 1. The lowest BCUT2D eigenvalue weighted by Gasteiger charge is -2.31. The third kappa shape index (κ3) is 2.65. The fraction of sp³-hybridized carbons (Fsp3) is 0.636. The summed E-state index contributed by atoms with van der Waals surface area (Å²) in [7, 11) is 0. The van der Waals surface area contributed by atoms with Gasteiger partial charge in [-0.05, 0) is 31.4 Å². The zero-order valence-electron chi connectivity index (χ0n) is 8.89. The number of anilines is 1. The van der Waals surface area contributed by atoms with E-state index in [0.29, 0.717) is 12.0 Å². The molecule has 15 heavy (non-hydrogen) atoms. The van der Waals surface area contributed by atoms with Crippen LogP contribution in [0, 0.1) is 5.92 Å². The Morgan fingerprint density at radius 1 is 1.40 bits per heavy atom. The Morgan fingerprint density at radius 3 is 3.00 bits per heavy atom. The van der Waals surface area contributed by atoms with Gasteiger partial charge in [0, 0.05) is 12.2 Å². The summed E-state index contributed by atoms with van der Waals surface area (Å²) in [4.78, 5) is 8.08. The number of nitrogens with zero attached hydrogens (tertiary/aromatic N) is 2. The third-order valence-electron chi connectivity index (χ3n) is 3.13. The van der Waals surface area contributed by atoms with Crippen LogP contribution in [0.5, 0.6) is 0 Å². The van der Waals surface area contributed by atoms with Crippen LogP contribution in [0.25, 0.3) is 0 Å². The van der Waals surface area contributed by atoms with Gasteiger partial charge in [0.05, 0.1) is 0 Å². The Kier molecular flexibility index (Phi) is 3.50. The van der Waals surface area contributed by atoms with Crippen LogP contribution in [0.3, 0.4) is 0 Å². The first-order valence-corrected chi connectivity index (χ1v) is 5.63. The van der Waals surface area contributed by atoms with Gasteiger partial charge in [-0.1, -0.05) is 12.8 Å². The summed E-state index contributed by atoms with van der Waals surface area (Å²) in [6.07, 6.45) is 8.37. The summed E-state index contributed by atoms with van der Waals surface area (Å²) in [6.45, 7) is 0.767. The molecular formula is C11H18N4. The Hall–Kier alpha value is -1.16. The first-order valence-electron chi connectivity index (χ1n) is 5.63. The van der Waals surface area contributed by atoms with Crippen LogP contribution in [0.15, 0.2) is 18.6 Å². The quantitative estimate of drug-likeness (QED) is 0.784.